The van der Waals surface area contributed by atoms with Crippen LogP contribution in [-0.2, 0) is 11.2 Å². The van der Waals surface area contributed by atoms with E-state index in [0.717, 1.165) is 56.7 Å². The van der Waals surface area contributed by atoms with E-state index < -0.39 is 12.0 Å². The molecule has 2 aliphatic rings. The lowest BCUT2D eigenvalue weighted by Gasteiger charge is -2.46. The molecule has 2 atom stereocenters. The fourth-order valence-electron chi connectivity index (χ4n) is 6.55. The molecule has 0 aliphatic heterocycles. The molecule has 6 heteroatoms. The maximum Gasteiger partial charge on any atom is 0.269 e. The van der Waals surface area contributed by atoms with Crippen molar-refractivity contribution in [2.45, 2.75) is 84.1 Å². The number of rotatable bonds is 6. The Morgan fingerprint density at radius 1 is 1.28 bits per heavy atom. The van der Waals surface area contributed by atoms with Crippen molar-refractivity contribution in [3.05, 3.63) is 70.7 Å². The first-order valence-corrected chi connectivity index (χ1v) is 13.2. The summed E-state index contributed by atoms with van der Waals surface area (Å²) in [4.78, 5) is 19.1. The molecule has 0 bridgehead atoms. The fourth-order valence-corrected chi connectivity index (χ4v) is 6.55. The number of fused-ring (bicyclic) bond motifs is 3. The number of amides is 1. The summed E-state index contributed by atoms with van der Waals surface area (Å²) in [6.45, 7) is 7.29. The number of carbonyl (C=O) groups is 1. The Bertz CT molecular complexity index is 1270. The molecule has 2 heterocycles. The number of benzene rings is 1. The Kier molecular flexibility index (Phi) is 6.20. The summed E-state index contributed by atoms with van der Waals surface area (Å²) in [5.41, 5.74) is 6.40. The zero-order valence-electron chi connectivity index (χ0n) is 22.0. The molecule has 1 fully saturated rings. The highest BCUT2D eigenvalue weighted by atomic mass is 19.3. The Balaban J connectivity index is 1.41. The quantitative estimate of drug-likeness (QED) is 0.368. The van der Waals surface area contributed by atoms with Gasteiger partial charge in [-0.1, -0.05) is 44.5 Å². The molecule has 0 saturated heterocycles. The van der Waals surface area contributed by atoms with Gasteiger partial charge < -0.3 is 9.30 Å². The van der Waals surface area contributed by atoms with Crippen molar-refractivity contribution in [1.29, 1.82) is 0 Å². The molecule has 4 nitrogen and oxygen atoms in total. The molecule has 2 aliphatic carbocycles. The van der Waals surface area contributed by atoms with Crippen LogP contribution in [0.25, 0.3) is 5.65 Å². The van der Waals surface area contributed by atoms with Gasteiger partial charge in [-0.25, -0.2) is 13.8 Å². The molecule has 1 amide bonds. The molecule has 2 aromatic heterocycles. The van der Waals surface area contributed by atoms with Gasteiger partial charge in [-0.05, 0) is 72.8 Å². The molecule has 1 aromatic carbocycles. The van der Waals surface area contributed by atoms with Crippen LogP contribution in [0.2, 0.25) is 0 Å². The Morgan fingerprint density at radius 3 is 2.61 bits per heavy atom. The monoisotopic (exact) mass is 493 g/mol. The Morgan fingerprint density at radius 2 is 1.97 bits per heavy atom. The SMILES string of the molecule is CCC1(C)CC(C(=O)N(C)[C@@H](c2ccc(C3CCCc4c3cnc3cc(C)cn43)cc2)C(C)(F)F)C1. The highest BCUT2D eigenvalue weighted by Crippen LogP contribution is 2.49. The third kappa shape index (κ3) is 4.33. The van der Waals surface area contributed by atoms with Crippen molar-refractivity contribution in [2.75, 3.05) is 7.05 Å². The van der Waals surface area contributed by atoms with Gasteiger partial charge in [0.05, 0.1) is 0 Å². The van der Waals surface area contributed by atoms with Crippen LogP contribution >= 0.6 is 0 Å². The van der Waals surface area contributed by atoms with E-state index in [1.165, 1.54) is 28.8 Å². The van der Waals surface area contributed by atoms with Gasteiger partial charge in [-0.3, -0.25) is 4.79 Å². The summed E-state index contributed by atoms with van der Waals surface area (Å²) >= 11 is 0. The maximum absolute atomic E-state index is 14.9. The molecule has 192 valence electrons. The van der Waals surface area contributed by atoms with E-state index in [2.05, 4.69) is 42.4 Å². The average molecular weight is 494 g/mol. The zero-order valence-corrected chi connectivity index (χ0v) is 22.0. The van der Waals surface area contributed by atoms with Gasteiger partial charge in [-0.2, -0.15) is 0 Å². The number of aryl methyl sites for hydroxylation is 2. The van der Waals surface area contributed by atoms with E-state index in [9.17, 15) is 13.6 Å². The number of alkyl halides is 2. The highest BCUT2D eigenvalue weighted by molar-refractivity contribution is 5.80. The van der Waals surface area contributed by atoms with Crippen LogP contribution in [0.5, 0.6) is 0 Å². The molecule has 0 radical (unpaired) electrons. The van der Waals surface area contributed by atoms with E-state index in [1.807, 2.05) is 18.3 Å². The number of hydrogen-bond donors (Lipinski definition) is 0. The van der Waals surface area contributed by atoms with E-state index in [4.69, 9.17) is 0 Å². The van der Waals surface area contributed by atoms with Gasteiger partial charge in [0.2, 0.25) is 5.91 Å². The van der Waals surface area contributed by atoms with Crippen LogP contribution in [0.1, 0.15) is 92.8 Å². The normalized spacial score (nSPS) is 24.8. The highest BCUT2D eigenvalue weighted by Gasteiger charge is 2.47. The molecular formula is C30H37F2N3O. The molecule has 1 unspecified atom stereocenters. The van der Waals surface area contributed by atoms with Gasteiger partial charge >= 0.3 is 0 Å². The van der Waals surface area contributed by atoms with Crippen LogP contribution in [0.4, 0.5) is 8.78 Å². The van der Waals surface area contributed by atoms with Gasteiger partial charge in [0, 0.05) is 43.9 Å². The predicted molar refractivity (Wildman–Crippen MR) is 138 cm³/mol. The van der Waals surface area contributed by atoms with E-state index in [1.54, 1.807) is 12.1 Å². The van der Waals surface area contributed by atoms with Crippen LogP contribution in [0.3, 0.4) is 0 Å². The summed E-state index contributed by atoms with van der Waals surface area (Å²) in [5, 5.41) is 0. The Labute approximate surface area is 212 Å². The number of nitrogens with zero attached hydrogens (tertiary/aromatic N) is 3. The second-order valence-electron chi connectivity index (χ2n) is 11.6. The minimum atomic E-state index is -3.05. The number of carbonyl (C=O) groups excluding carboxylic acids is 1. The summed E-state index contributed by atoms with van der Waals surface area (Å²) < 4.78 is 32.0. The van der Waals surface area contributed by atoms with E-state index >= 15 is 0 Å². The molecule has 1 saturated carbocycles. The van der Waals surface area contributed by atoms with Gasteiger partial charge in [0.25, 0.3) is 5.92 Å². The summed E-state index contributed by atoms with van der Waals surface area (Å²) in [7, 11) is 1.54. The topological polar surface area (TPSA) is 37.6 Å². The van der Waals surface area contributed by atoms with Gasteiger partial charge in [-0.15, -0.1) is 0 Å². The zero-order chi connectivity index (χ0) is 25.8. The van der Waals surface area contributed by atoms with Crippen molar-refractivity contribution in [3.63, 3.8) is 0 Å². The maximum atomic E-state index is 14.9. The smallest absolute Gasteiger partial charge is 0.269 e. The minimum Gasteiger partial charge on any atom is -0.332 e. The molecular weight excluding hydrogens is 456 g/mol. The predicted octanol–water partition coefficient (Wildman–Crippen LogP) is 7.09. The first-order valence-electron chi connectivity index (χ1n) is 13.2. The van der Waals surface area contributed by atoms with Gasteiger partial charge in [0.1, 0.15) is 11.7 Å². The molecule has 0 spiro atoms. The lowest BCUT2D eigenvalue weighted by molar-refractivity contribution is -0.153. The van der Waals surface area contributed by atoms with Crippen LogP contribution < -0.4 is 0 Å². The first kappa shape index (κ1) is 24.9. The standard InChI is InChI=1S/C30H37F2N3O/c1-6-29(3)15-22(16-29)28(36)34(5)27(30(4,31)32)21-12-10-20(11-13-21)23-8-7-9-25-24(23)17-33-26-14-19(2)18-35(25)26/h10-14,17-18,22-23,27H,6-9,15-16H2,1-5H3/t22?,23?,27-,29?/m0/s1. The van der Waals surface area contributed by atoms with Crippen molar-refractivity contribution >= 4 is 11.6 Å². The van der Waals surface area contributed by atoms with E-state index in [-0.39, 0.29) is 23.2 Å². The first-order chi connectivity index (χ1) is 17.0. The van der Waals surface area contributed by atoms with Crippen molar-refractivity contribution in [3.8, 4) is 0 Å². The third-order valence-electron chi connectivity index (χ3n) is 8.73. The fraction of sp³-hybridized carbons (Fsp3) is 0.533. The Hall–Kier alpha value is -2.76. The lowest BCUT2D eigenvalue weighted by atomic mass is 9.61. The summed E-state index contributed by atoms with van der Waals surface area (Å²) in [5.74, 6) is -3.20. The molecule has 5 rings (SSSR count). The van der Waals surface area contributed by atoms with E-state index in [0.29, 0.717) is 5.56 Å². The van der Waals surface area contributed by atoms with Crippen molar-refractivity contribution in [1.82, 2.24) is 14.3 Å². The molecule has 36 heavy (non-hydrogen) atoms. The van der Waals surface area contributed by atoms with Crippen LogP contribution in [0, 0.1) is 18.3 Å². The van der Waals surface area contributed by atoms with Crippen LogP contribution in [-0.4, -0.2) is 33.2 Å². The number of aromatic nitrogens is 2. The number of hydrogen-bond acceptors (Lipinski definition) is 2. The third-order valence-corrected chi connectivity index (χ3v) is 8.73. The average Bonchev–Trinajstić information content (AvgIpc) is 3.21. The molecule has 0 N–H and O–H groups in total. The second-order valence-corrected chi connectivity index (χ2v) is 11.6. The lowest BCUT2D eigenvalue weighted by Crippen LogP contribution is -2.48. The van der Waals surface area contributed by atoms with Crippen molar-refractivity contribution in [2.24, 2.45) is 11.3 Å². The van der Waals surface area contributed by atoms with Gasteiger partial charge in [0.15, 0.2) is 0 Å². The second kappa shape index (κ2) is 8.97. The van der Waals surface area contributed by atoms with Crippen molar-refractivity contribution < 1.29 is 13.6 Å². The van der Waals surface area contributed by atoms with Crippen LogP contribution in [0.15, 0.2) is 42.7 Å². The molecule has 3 aromatic rings. The summed E-state index contributed by atoms with van der Waals surface area (Å²) in [6.07, 6.45) is 9.76. The minimum absolute atomic E-state index is 0.156. The largest absolute Gasteiger partial charge is 0.332 e. The number of halogens is 2. The summed E-state index contributed by atoms with van der Waals surface area (Å²) in [6, 6.07) is 8.32.